The predicted octanol–water partition coefficient (Wildman–Crippen LogP) is 5.05. The maximum Gasteiger partial charge on any atom is 0.286 e. The van der Waals surface area contributed by atoms with E-state index in [-0.39, 0.29) is 0 Å². The van der Waals surface area contributed by atoms with Gasteiger partial charge in [-0.25, -0.2) is 9.79 Å². The maximum absolute atomic E-state index is 8.88. The second-order valence-electron chi connectivity index (χ2n) is 6.05. The van der Waals surface area contributed by atoms with E-state index in [2.05, 4.69) is 99.4 Å². The number of methoxy groups -OCH3 is 2. The lowest BCUT2D eigenvalue weighted by molar-refractivity contribution is 0.362. The molecule has 0 heterocycles. The van der Waals surface area contributed by atoms with Gasteiger partial charge < -0.3 is 9.47 Å². The van der Waals surface area contributed by atoms with Crippen LogP contribution in [0.15, 0.2) is 89.9 Å². The number of hydrogen-bond donors (Lipinski definition) is 0. The molecule has 0 aliphatic carbocycles. The molecule has 0 aliphatic rings. The first kappa shape index (κ1) is 27.6. The monoisotopic (exact) mass is 429 g/mol. The summed E-state index contributed by atoms with van der Waals surface area (Å²) in [5, 5.41) is 14.8. The first-order valence-electron chi connectivity index (χ1n) is 9.60. The summed E-state index contributed by atoms with van der Waals surface area (Å²) in [6.45, 7) is 0. The second-order valence-corrected chi connectivity index (χ2v) is 6.05. The van der Waals surface area contributed by atoms with Crippen molar-refractivity contribution in [2.45, 2.75) is 12.8 Å². The van der Waals surface area contributed by atoms with Gasteiger partial charge in [0.1, 0.15) is 0 Å². The Kier molecular flexibility index (Phi) is 17.2. The van der Waals surface area contributed by atoms with Crippen molar-refractivity contribution < 1.29 is 14.3 Å². The molecule has 0 fully saturated rings. The minimum atomic E-state index is 1.01. The van der Waals surface area contributed by atoms with Crippen molar-refractivity contribution in [1.82, 2.24) is 0 Å². The molecule has 6 heteroatoms. The third kappa shape index (κ3) is 14.6. The van der Waals surface area contributed by atoms with E-state index in [1.54, 1.807) is 0 Å². The molecule has 0 radical (unpaired) electrons. The number of benzene rings is 3. The molecular weight excluding hydrogens is 402 g/mol. The molecule has 0 spiro atoms. The summed E-state index contributed by atoms with van der Waals surface area (Å²) in [5.41, 5.74) is 5.47. The van der Waals surface area contributed by atoms with Gasteiger partial charge in [-0.05, 0) is 35.1 Å². The number of hydrogen-bond acceptors (Lipinski definition) is 6. The van der Waals surface area contributed by atoms with Crippen LogP contribution in [0.1, 0.15) is 22.3 Å². The number of ether oxygens (including phenoxy) is 2. The molecule has 0 aliphatic heterocycles. The van der Waals surface area contributed by atoms with Crippen molar-refractivity contribution in [2.75, 3.05) is 21.3 Å². The largest absolute Gasteiger partial charge is 0.431 e. The molecule has 0 amide bonds. The highest BCUT2D eigenvalue weighted by molar-refractivity contribution is 5.32. The van der Waals surface area contributed by atoms with Crippen LogP contribution in [0.25, 0.3) is 0 Å². The molecule has 0 N–H and O–H groups in total. The van der Waals surface area contributed by atoms with Crippen molar-refractivity contribution in [2.24, 2.45) is 4.99 Å². The van der Waals surface area contributed by atoms with E-state index in [0.29, 0.717) is 0 Å². The average Bonchev–Trinajstić information content (AvgIpc) is 2.87. The zero-order valence-electron chi connectivity index (χ0n) is 18.6. The summed E-state index contributed by atoms with van der Waals surface area (Å²) < 4.78 is 7.69. The molecule has 0 saturated carbocycles. The van der Waals surface area contributed by atoms with Gasteiger partial charge in [-0.2, -0.15) is 10.5 Å². The molecule has 0 bridgehead atoms. The van der Waals surface area contributed by atoms with Crippen LogP contribution in [0, 0.1) is 23.0 Å². The fraction of sp³-hybridized carbons (Fsp3) is 0.192. The van der Waals surface area contributed by atoms with Crippen LogP contribution in [0.4, 0.5) is 0 Å². The van der Waals surface area contributed by atoms with Gasteiger partial charge in [0.2, 0.25) is 6.08 Å². The van der Waals surface area contributed by atoms with Crippen LogP contribution in [-0.2, 0) is 27.1 Å². The molecule has 32 heavy (non-hydrogen) atoms. The van der Waals surface area contributed by atoms with Crippen molar-refractivity contribution in [1.29, 1.82) is 10.5 Å². The second kappa shape index (κ2) is 19.9. The molecule has 0 saturated heterocycles. The van der Waals surface area contributed by atoms with E-state index in [0.717, 1.165) is 12.8 Å². The van der Waals surface area contributed by atoms with Gasteiger partial charge in [-0.3, -0.25) is 0 Å². The van der Waals surface area contributed by atoms with Crippen LogP contribution in [0.2, 0.25) is 0 Å². The predicted molar refractivity (Wildman–Crippen MR) is 124 cm³/mol. The van der Waals surface area contributed by atoms with Crippen LogP contribution < -0.4 is 0 Å². The van der Waals surface area contributed by atoms with Gasteiger partial charge in [-0.1, -0.05) is 84.9 Å². The molecule has 164 valence electrons. The number of rotatable bonds is 4. The summed E-state index contributed by atoms with van der Waals surface area (Å²) in [6, 6.07) is 30.2. The maximum atomic E-state index is 8.88. The first-order chi connectivity index (χ1) is 15.6. The van der Waals surface area contributed by atoms with Gasteiger partial charge in [-0.15, -0.1) is 0 Å². The fourth-order valence-electron chi connectivity index (χ4n) is 2.44. The zero-order valence-corrected chi connectivity index (χ0v) is 18.6. The van der Waals surface area contributed by atoms with E-state index in [4.69, 9.17) is 15.3 Å². The zero-order chi connectivity index (χ0) is 23.9. The Morgan fingerprint density at radius 2 is 0.906 bits per heavy atom. The van der Waals surface area contributed by atoms with Crippen LogP contribution in [0.3, 0.4) is 0 Å². The molecule has 6 nitrogen and oxygen atoms in total. The summed E-state index contributed by atoms with van der Waals surface area (Å²) in [4.78, 5) is 11.8. The number of aliphatic imine (C=N–C) groups is 1. The third-order valence-corrected chi connectivity index (χ3v) is 3.80. The van der Waals surface area contributed by atoms with E-state index in [1.165, 1.54) is 62.1 Å². The Balaban J connectivity index is 0.000000668. The van der Waals surface area contributed by atoms with E-state index >= 15 is 0 Å². The lowest BCUT2D eigenvalue weighted by Crippen LogP contribution is -1.91. The summed E-state index contributed by atoms with van der Waals surface area (Å²) in [6.07, 6.45) is 6.18. The summed E-state index contributed by atoms with van der Waals surface area (Å²) in [5.74, 6) is 0. The van der Waals surface area contributed by atoms with Crippen molar-refractivity contribution in [3.8, 4) is 12.5 Å². The van der Waals surface area contributed by atoms with Gasteiger partial charge in [0.25, 0.3) is 12.5 Å². The Hall–Kier alpha value is -4.38. The Morgan fingerprint density at radius 3 is 1.12 bits per heavy atom. The minimum absolute atomic E-state index is 1.01. The minimum Gasteiger partial charge on any atom is -0.431 e. The molecule has 3 aromatic carbocycles. The topological polar surface area (TPSA) is 95.5 Å². The van der Waals surface area contributed by atoms with Crippen molar-refractivity contribution in [3.05, 3.63) is 107 Å². The number of nitrogens with zero attached hydrogens (tertiary/aromatic N) is 3. The molecule has 0 unspecified atom stereocenters. The Labute approximate surface area is 190 Å². The highest BCUT2D eigenvalue weighted by atomic mass is 16.5. The molecular formula is C26H27N3O3. The van der Waals surface area contributed by atoms with Crippen LogP contribution in [-0.4, -0.2) is 27.3 Å². The lowest BCUT2D eigenvalue weighted by atomic mass is 10.0. The highest BCUT2D eigenvalue weighted by Crippen LogP contribution is 2.13. The van der Waals surface area contributed by atoms with Crippen LogP contribution >= 0.6 is 0 Å². The first-order valence-corrected chi connectivity index (χ1v) is 9.60. The molecule has 0 aromatic heterocycles. The Morgan fingerprint density at radius 1 is 0.656 bits per heavy atom. The number of nitriles is 2. The van der Waals surface area contributed by atoms with Crippen molar-refractivity contribution in [3.63, 3.8) is 0 Å². The number of isocyanates is 1. The molecule has 3 aromatic rings. The standard InChI is InChI=1S/C20H18.3C2H3NO/c1-3-7-17(8-4-1)15-19-11-13-20(14-12-19)16-18-9-5-2-6-10-18;2*1-4-2-3;1-3-2-4/h1-14H,15-16H2;3*1H3. The summed E-state index contributed by atoms with van der Waals surface area (Å²) >= 11 is 0. The molecule has 0 atom stereocenters. The van der Waals surface area contributed by atoms with E-state index < -0.39 is 0 Å². The van der Waals surface area contributed by atoms with E-state index in [1.807, 2.05) is 0 Å². The van der Waals surface area contributed by atoms with Gasteiger partial charge in [0.15, 0.2) is 0 Å². The van der Waals surface area contributed by atoms with Gasteiger partial charge in [0.05, 0.1) is 14.2 Å². The lowest BCUT2D eigenvalue weighted by Gasteiger charge is -2.05. The highest BCUT2D eigenvalue weighted by Gasteiger charge is 1.98. The fourth-order valence-corrected chi connectivity index (χ4v) is 2.44. The normalized spacial score (nSPS) is 8.03. The van der Waals surface area contributed by atoms with Gasteiger partial charge >= 0.3 is 0 Å². The Bertz CT molecular complexity index is 896. The third-order valence-electron chi connectivity index (χ3n) is 3.80. The van der Waals surface area contributed by atoms with Crippen LogP contribution in [0.5, 0.6) is 0 Å². The smallest absolute Gasteiger partial charge is 0.286 e. The van der Waals surface area contributed by atoms with Gasteiger partial charge in [0, 0.05) is 7.05 Å². The molecule has 3 rings (SSSR count). The van der Waals surface area contributed by atoms with E-state index in [9.17, 15) is 0 Å². The quantitative estimate of drug-likeness (QED) is 0.329. The number of carbonyl (C=O) groups excluding carboxylic acids is 1. The average molecular weight is 430 g/mol. The summed E-state index contributed by atoms with van der Waals surface area (Å²) in [7, 11) is 4.02. The SMILES string of the molecule is CN=C=O.COC#N.COC#N.c1ccc(Cc2ccc(Cc3ccccc3)cc2)cc1. The van der Waals surface area contributed by atoms with Crippen molar-refractivity contribution >= 4 is 6.08 Å².